The molecule has 1 aromatic heterocycles. The molecule has 0 N–H and O–H groups in total. The summed E-state index contributed by atoms with van der Waals surface area (Å²) in [6.07, 6.45) is 5.60. The van der Waals surface area contributed by atoms with Gasteiger partial charge < -0.3 is 4.90 Å². The van der Waals surface area contributed by atoms with Crippen molar-refractivity contribution in [3.8, 4) is 0 Å². The van der Waals surface area contributed by atoms with E-state index in [2.05, 4.69) is 53.1 Å². The standard InChI is InChI=1S/C25H30N4O/c1-17(2)22-9-5-6-10-23(22)19-13-20-15-29(16-21(20)14-19)25(30)24-27-12-8-4-7-11-26-18(3)28-24/h4-12,17,19-21H,13-16H2,1-3H3/t19?,20-,21?/m1/s1. The molecule has 30 heavy (non-hydrogen) atoms. The van der Waals surface area contributed by atoms with Crippen LogP contribution in [0, 0.1) is 18.8 Å². The van der Waals surface area contributed by atoms with Gasteiger partial charge in [-0.1, -0.05) is 44.2 Å². The van der Waals surface area contributed by atoms with Crippen LogP contribution < -0.4 is 0 Å². The summed E-state index contributed by atoms with van der Waals surface area (Å²) in [7, 11) is 0. The topological polar surface area (TPSA) is 59.0 Å². The van der Waals surface area contributed by atoms with Crippen LogP contribution in [0.5, 0.6) is 0 Å². The highest BCUT2D eigenvalue weighted by Gasteiger charge is 2.43. The highest BCUT2D eigenvalue weighted by Crippen LogP contribution is 2.47. The third-order valence-electron chi connectivity index (χ3n) is 6.41. The van der Waals surface area contributed by atoms with Gasteiger partial charge in [-0.15, -0.1) is 0 Å². The summed E-state index contributed by atoms with van der Waals surface area (Å²) in [6.45, 7) is 7.92. The Hall–Kier alpha value is -2.82. The minimum Gasteiger partial charge on any atom is -0.335 e. The zero-order valence-corrected chi connectivity index (χ0v) is 18.0. The molecule has 1 aliphatic carbocycles. The molecule has 156 valence electrons. The third kappa shape index (κ3) is 4.35. The van der Waals surface area contributed by atoms with Gasteiger partial charge in [0.25, 0.3) is 5.91 Å². The van der Waals surface area contributed by atoms with Crippen LogP contribution in [-0.2, 0) is 0 Å². The minimum absolute atomic E-state index is 0.0905. The van der Waals surface area contributed by atoms with Crippen LogP contribution >= 0.6 is 0 Å². The molecular weight excluding hydrogens is 372 g/mol. The first-order valence-electron chi connectivity index (χ1n) is 10.9. The molecule has 0 bridgehead atoms. The number of aryl methyl sites for hydroxylation is 1. The van der Waals surface area contributed by atoms with Gasteiger partial charge in [0.05, 0.1) is 0 Å². The van der Waals surface area contributed by atoms with Crippen LogP contribution in [0.2, 0.25) is 0 Å². The van der Waals surface area contributed by atoms with Gasteiger partial charge in [0.1, 0.15) is 5.82 Å². The van der Waals surface area contributed by atoms with E-state index in [0.717, 1.165) is 25.9 Å². The minimum atomic E-state index is -0.0905. The van der Waals surface area contributed by atoms with Crippen molar-refractivity contribution in [1.82, 2.24) is 19.9 Å². The molecular formula is C25H30N4O. The van der Waals surface area contributed by atoms with E-state index in [9.17, 15) is 4.79 Å². The lowest BCUT2D eigenvalue weighted by molar-refractivity contribution is 0.0767. The predicted molar refractivity (Wildman–Crippen MR) is 118 cm³/mol. The summed E-state index contributed by atoms with van der Waals surface area (Å²) in [5.41, 5.74) is 2.98. The molecule has 1 aromatic carbocycles. The summed E-state index contributed by atoms with van der Waals surface area (Å²) >= 11 is 0. The number of amides is 1. The average Bonchev–Trinajstić information content (AvgIpc) is 3.31. The van der Waals surface area contributed by atoms with E-state index in [4.69, 9.17) is 0 Å². The van der Waals surface area contributed by atoms with Gasteiger partial charge >= 0.3 is 0 Å². The quantitative estimate of drug-likeness (QED) is 0.747. The van der Waals surface area contributed by atoms with Crippen LogP contribution in [0.3, 0.4) is 0 Å². The van der Waals surface area contributed by atoms with Gasteiger partial charge in [-0.3, -0.25) is 4.79 Å². The zero-order valence-electron chi connectivity index (χ0n) is 18.0. The van der Waals surface area contributed by atoms with Gasteiger partial charge in [0, 0.05) is 25.5 Å². The Morgan fingerprint density at radius 3 is 2.33 bits per heavy atom. The number of hydrogen-bond acceptors (Lipinski definition) is 4. The van der Waals surface area contributed by atoms with Crippen molar-refractivity contribution in [3.05, 3.63) is 77.6 Å². The Morgan fingerprint density at radius 1 is 0.967 bits per heavy atom. The zero-order chi connectivity index (χ0) is 21.1. The SMILES string of the molecule is Cc1ncccccnc(C(=O)N2CC3CC(c4ccccc4C(C)C)C[C@@H]3C2)n1. The summed E-state index contributed by atoms with van der Waals surface area (Å²) in [6, 6.07) is 14.3. The molecule has 3 atom stereocenters. The number of aromatic nitrogens is 3. The first-order valence-corrected chi connectivity index (χ1v) is 10.9. The smallest absolute Gasteiger partial charge is 0.291 e. The number of nitrogens with zero attached hydrogens (tertiary/aromatic N) is 4. The van der Waals surface area contributed by atoms with E-state index in [-0.39, 0.29) is 11.7 Å². The van der Waals surface area contributed by atoms with Crippen molar-refractivity contribution in [2.24, 2.45) is 11.8 Å². The van der Waals surface area contributed by atoms with Crippen molar-refractivity contribution < 1.29 is 4.79 Å². The summed E-state index contributed by atoms with van der Waals surface area (Å²) in [4.78, 5) is 27.9. The monoisotopic (exact) mass is 402 g/mol. The molecule has 1 saturated heterocycles. The summed E-state index contributed by atoms with van der Waals surface area (Å²) < 4.78 is 0. The lowest BCUT2D eigenvalue weighted by Crippen LogP contribution is -2.31. The first kappa shape index (κ1) is 20.5. The van der Waals surface area contributed by atoms with Gasteiger partial charge in [-0.05, 0) is 66.7 Å². The Morgan fingerprint density at radius 2 is 1.63 bits per heavy atom. The molecule has 2 unspecified atom stereocenters. The second-order valence-electron chi connectivity index (χ2n) is 8.80. The van der Waals surface area contributed by atoms with E-state index in [1.807, 2.05) is 17.0 Å². The van der Waals surface area contributed by atoms with Crippen molar-refractivity contribution in [2.45, 2.75) is 45.4 Å². The maximum absolute atomic E-state index is 13.1. The second kappa shape index (κ2) is 8.90. The fraction of sp³-hybridized carbons (Fsp3) is 0.440. The number of hydrogen-bond donors (Lipinski definition) is 0. The number of fused-ring (bicyclic) bond motifs is 1. The lowest BCUT2D eigenvalue weighted by Gasteiger charge is -2.21. The number of benzene rings is 1. The van der Waals surface area contributed by atoms with E-state index in [0.29, 0.717) is 29.5 Å². The van der Waals surface area contributed by atoms with Crippen LogP contribution in [0.25, 0.3) is 0 Å². The van der Waals surface area contributed by atoms with Crippen molar-refractivity contribution in [1.29, 1.82) is 0 Å². The van der Waals surface area contributed by atoms with Crippen LogP contribution in [0.1, 0.15) is 66.1 Å². The number of rotatable bonds is 3. The molecule has 5 nitrogen and oxygen atoms in total. The Balaban J connectivity index is 1.49. The molecule has 2 heterocycles. The molecule has 4 rings (SSSR count). The summed E-state index contributed by atoms with van der Waals surface area (Å²) in [5, 5.41) is 0. The van der Waals surface area contributed by atoms with Gasteiger partial charge in [-0.2, -0.15) is 0 Å². The largest absolute Gasteiger partial charge is 0.335 e. The molecule has 2 fully saturated rings. The third-order valence-corrected chi connectivity index (χ3v) is 6.41. The maximum Gasteiger partial charge on any atom is 0.291 e. The van der Waals surface area contributed by atoms with Crippen LogP contribution in [0.15, 0.2) is 54.9 Å². The van der Waals surface area contributed by atoms with Crippen LogP contribution in [0.4, 0.5) is 0 Å². The normalized spacial score (nSPS) is 22.7. The number of carbonyl (C=O) groups excluding carboxylic acids is 1. The van der Waals surface area contributed by atoms with Crippen molar-refractivity contribution in [3.63, 3.8) is 0 Å². The van der Waals surface area contributed by atoms with E-state index >= 15 is 0 Å². The fourth-order valence-electron chi connectivity index (χ4n) is 5.01. The molecule has 1 amide bonds. The predicted octanol–water partition coefficient (Wildman–Crippen LogP) is 4.69. The summed E-state index contributed by atoms with van der Waals surface area (Å²) in [5.74, 6) is 2.92. The van der Waals surface area contributed by atoms with E-state index in [1.165, 1.54) is 11.1 Å². The maximum atomic E-state index is 13.1. The van der Waals surface area contributed by atoms with Gasteiger partial charge in [0.15, 0.2) is 0 Å². The van der Waals surface area contributed by atoms with Crippen molar-refractivity contribution >= 4 is 5.91 Å². The lowest BCUT2D eigenvalue weighted by atomic mass is 9.87. The molecule has 5 heteroatoms. The first-order chi connectivity index (χ1) is 14.5. The second-order valence-corrected chi connectivity index (χ2v) is 8.80. The van der Waals surface area contributed by atoms with Gasteiger partial charge in [0.2, 0.25) is 5.82 Å². The molecule has 1 aliphatic heterocycles. The molecule has 1 saturated carbocycles. The van der Waals surface area contributed by atoms with Gasteiger partial charge in [-0.25, -0.2) is 15.0 Å². The Bertz CT molecular complexity index is 958. The van der Waals surface area contributed by atoms with Crippen LogP contribution in [-0.4, -0.2) is 38.8 Å². The highest BCUT2D eigenvalue weighted by atomic mass is 16.2. The Labute approximate surface area is 178 Å². The molecule has 0 radical (unpaired) electrons. The van der Waals surface area contributed by atoms with E-state index < -0.39 is 0 Å². The Kier molecular flexibility index (Phi) is 6.07. The van der Waals surface area contributed by atoms with Crippen molar-refractivity contribution in [2.75, 3.05) is 13.1 Å². The number of carbonyl (C=O) groups is 1. The average molecular weight is 403 g/mol. The molecule has 2 aliphatic rings. The van der Waals surface area contributed by atoms with E-state index in [1.54, 1.807) is 25.4 Å². The fourth-order valence-corrected chi connectivity index (χ4v) is 5.01. The molecule has 0 spiro atoms. The number of likely N-dealkylation sites (tertiary alicyclic amines) is 1. The molecule has 2 aromatic rings. The highest BCUT2D eigenvalue weighted by molar-refractivity contribution is 5.90.